The van der Waals surface area contributed by atoms with Crippen LogP contribution in [0, 0.1) is 15.9 Å². The summed E-state index contributed by atoms with van der Waals surface area (Å²) >= 11 is 0. The molecule has 88 valence electrons. The Kier molecular flexibility index (Phi) is 2.91. The number of allylic oxidation sites excluding steroid dienone is 1. The van der Waals surface area contributed by atoms with Crippen LogP contribution < -0.4 is 0 Å². The van der Waals surface area contributed by atoms with E-state index >= 15 is 0 Å². The van der Waals surface area contributed by atoms with Crippen molar-refractivity contribution in [2.45, 2.75) is 13.3 Å². The quantitative estimate of drug-likeness (QED) is 0.605. The van der Waals surface area contributed by atoms with E-state index in [1.54, 1.807) is 29.7 Å². The highest BCUT2D eigenvalue weighted by molar-refractivity contribution is 5.70. The standard InChI is InChI=1S/C12H11FN2O2/c1-2-11(15(16)17)7-9-5-6-14-8-10(13)3-4-12(9)14/h3-8H,2H2,1H3/b11-7+. The highest BCUT2D eigenvalue weighted by Gasteiger charge is 2.09. The number of rotatable bonds is 3. The summed E-state index contributed by atoms with van der Waals surface area (Å²) in [5.74, 6) is -0.339. The van der Waals surface area contributed by atoms with Crippen LogP contribution in [0.5, 0.6) is 0 Å². The van der Waals surface area contributed by atoms with Crippen LogP contribution in [0.25, 0.3) is 11.6 Å². The Bertz CT molecular complexity index is 602. The second kappa shape index (κ2) is 4.37. The summed E-state index contributed by atoms with van der Waals surface area (Å²) in [4.78, 5) is 10.3. The summed E-state index contributed by atoms with van der Waals surface area (Å²) in [6.07, 6.45) is 4.89. The normalized spacial score (nSPS) is 12.0. The van der Waals surface area contributed by atoms with E-state index < -0.39 is 4.92 Å². The summed E-state index contributed by atoms with van der Waals surface area (Å²) in [6.45, 7) is 1.73. The molecule has 2 rings (SSSR count). The van der Waals surface area contributed by atoms with E-state index in [9.17, 15) is 14.5 Å². The average molecular weight is 234 g/mol. The van der Waals surface area contributed by atoms with Crippen LogP contribution >= 0.6 is 0 Å². The zero-order valence-corrected chi connectivity index (χ0v) is 9.26. The summed E-state index contributed by atoms with van der Waals surface area (Å²) in [5, 5.41) is 10.7. The van der Waals surface area contributed by atoms with Gasteiger partial charge in [0.1, 0.15) is 5.82 Å². The van der Waals surface area contributed by atoms with Crippen molar-refractivity contribution in [3.8, 4) is 0 Å². The Morgan fingerprint density at radius 3 is 2.94 bits per heavy atom. The smallest absolute Gasteiger partial charge is 0.246 e. The van der Waals surface area contributed by atoms with Gasteiger partial charge in [0.15, 0.2) is 0 Å². The molecule has 5 heteroatoms. The van der Waals surface area contributed by atoms with E-state index in [1.807, 2.05) is 0 Å². The van der Waals surface area contributed by atoms with E-state index in [0.717, 1.165) is 11.1 Å². The van der Waals surface area contributed by atoms with Gasteiger partial charge in [0.25, 0.3) is 0 Å². The predicted octanol–water partition coefficient (Wildman–Crippen LogP) is 3.11. The van der Waals surface area contributed by atoms with E-state index in [4.69, 9.17) is 0 Å². The molecule has 0 aliphatic carbocycles. The summed E-state index contributed by atoms with van der Waals surface area (Å²) in [5.41, 5.74) is 1.61. The zero-order valence-electron chi connectivity index (χ0n) is 9.26. The van der Waals surface area contributed by atoms with Gasteiger partial charge in [-0.15, -0.1) is 0 Å². The van der Waals surface area contributed by atoms with Crippen molar-refractivity contribution in [3.63, 3.8) is 0 Å². The van der Waals surface area contributed by atoms with E-state index in [0.29, 0.717) is 6.42 Å². The Morgan fingerprint density at radius 1 is 1.53 bits per heavy atom. The summed E-state index contributed by atoms with van der Waals surface area (Å²) in [7, 11) is 0. The predicted molar refractivity (Wildman–Crippen MR) is 62.6 cm³/mol. The Hall–Kier alpha value is -2.17. The summed E-state index contributed by atoms with van der Waals surface area (Å²) in [6, 6.07) is 4.67. The summed E-state index contributed by atoms with van der Waals surface area (Å²) < 4.78 is 14.6. The minimum absolute atomic E-state index is 0.141. The molecule has 0 atom stereocenters. The lowest BCUT2D eigenvalue weighted by molar-refractivity contribution is -0.425. The topological polar surface area (TPSA) is 47.5 Å². The minimum Gasteiger partial charge on any atom is -0.320 e. The van der Waals surface area contributed by atoms with Crippen LogP contribution in [-0.4, -0.2) is 9.32 Å². The van der Waals surface area contributed by atoms with Gasteiger partial charge < -0.3 is 4.40 Å². The molecule has 0 fully saturated rings. The monoisotopic (exact) mass is 234 g/mol. The molecule has 0 unspecified atom stereocenters. The molecule has 0 saturated carbocycles. The molecule has 0 aliphatic heterocycles. The Labute approximate surface area is 97.1 Å². The van der Waals surface area contributed by atoms with E-state index in [2.05, 4.69) is 0 Å². The molecule has 0 radical (unpaired) electrons. The third kappa shape index (κ3) is 2.18. The van der Waals surface area contributed by atoms with Crippen LogP contribution in [0.4, 0.5) is 4.39 Å². The van der Waals surface area contributed by atoms with Gasteiger partial charge in [0.05, 0.1) is 10.4 Å². The van der Waals surface area contributed by atoms with Crippen LogP contribution in [-0.2, 0) is 0 Å². The van der Waals surface area contributed by atoms with Crippen molar-refractivity contribution < 1.29 is 9.31 Å². The molecule has 0 saturated heterocycles. The molecule has 2 aromatic rings. The number of pyridine rings is 1. The number of nitrogens with zero attached hydrogens (tertiary/aromatic N) is 2. The molecule has 0 spiro atoms. The molecule has 17 heavy (non-hydrogen) atoms. The Balaban J connectivity index is 2.53. The highest BCUT2D eigenvalue weighted by Crippen LogP contribution is 2.18. The fourth-order valence-corrected chi connectivity index (χ4v) is 1.69. The number of halogens is 1. The highest BCUT2D eigenvalue weighted by atomic mass is 19.1. The number of hydrogen-bond acceptors (Lipinski definition) is 2. The maximum atomic E-state index is 13.0. The van der Waals surface area contributed by atoms with E-state index in [1.165, 1.54) is 18.3 Å². The Morgan fingerprint density at radius 2 is 2.29 bits per heavy atom. The largest absolute Gasteiger partial charge is 0.320 e. The lowest BCUT2D eigenvalue weighted by Gasteiger charge is -1.97. The van der Waals surface area contributed by atoms with Crippen molar-refractivity contribution >= 4 is 11.6 Å². The third-order valence-electron chi connectivity index (χ3n) is 2.57. The SMILES string of the molecule is CC/C(=C\c1ccn2cc(F)ccc12)[N+](=O)[O-]. The van der Waals surface area contributed by atoms with Crippen molar-refractivity contribution in [3.05, 3.63) is 57.8 Å². The molecular formula is C12H11FN2O2. The third-order valence-corrected chi connectivity index (χ3v) is 2.57. The first-order valence-electron chi connectivity index (χ1n) is 5.23. The lowest BCUT2D eigenvalue weighted by Crippen LogP contribution is -1.96. The first-order valence-corrected chi connectivity index (χ1v) is 5.23. The van der Waals surface area contributed by atoms with Gasteiger partial charge in [-0.05, 0) is 18.2 Å². The van der Waals surface area contributed by atoms with Crippen LogP contribution in [0.2, 0.25) is 0 Å². The van der Waals surface area contributed by atoms with Gasteiger partial charge in [-0.2, -0.15) is 0 Å². The molecule has 4 nitrogen and oxygen atoms in total. The van der Waals surface area contributed by atoms with E-state index in [-0.39, 0.29) is 11.5 Å². The second-order valence-electron chi connectivity index (χ2n) is 3.66. The average Bonchev–Trinajstić information content (AvgIpc) is 2.67. The van der Waals surface area contributed by atoms with Gasteiger partial charge in [-0.25, -0.2) is 4.39 Å². The van der Waals surface area contributed by atoms with Gasteiger partial charge in [-0.3, -0.25) is 10.1 Å². The molecule has 2 aromatic heterocycles. The number of aromatic nitrogens is 1. The fourth-order valence-electron chi connectivity index (χ4n) is 1.69. The second-order valence-corrected chi connectivity index (χ2v) is 3.66. The van der Waals surface area contributed by atoms with Crippen LogP contribution in [0.3, 0.4) is 0 Å². The molecule has 0 aromatic carbocycles. The first kappa shape index (κ1) is 11.3. The maximum absolute atomic E-state index is 13.0. The molecule has 0 N–H and O–H groups in total. The zero-order chi connectivity index (χ0) is 12.4. The number of nitro groups is 1. The lowest BCUT2D eigenvalue weighted by atomic mass is 10.2. The van der Waals surface area contributed by atoms with Crippen molar-refractivity contribution in [2.75, 3.05) is 0 Å². The van der Waals surface area contributed by atoms with Crippen molar-refractivity contribution in [1.82, 2.24) is 4.40 Å². The first-order chi connectivity index (χ1) is 8.11. The van der Waals surface area contributed by atoms with Crippen molar-refractivity contribution in [2.24, 2.45) is 0 Å². The van der Waals surface area contributed by atoms with Gasteiger partial charge in [0.2, 0.25) is 5.70 Å². The minimum atomic E-state index is -0.396. The molecule has 0 aliphatic rings. The van der Waals surface area contributed by atoms with Crippen LogP contribution in [0.1, 0.15) is 18.9 Å². The van der Waals surface area contributed by atoms with Gasteiger partial charge >= 0.3 is 0 Å². The number of fused-ring (bicyclic) bond motifs is 1. The van der Waals surface area contributed by atoms with Gasteiger partial charge in [-0.1, -0.05) is 6.92 Å². The maximum Gasteiger partial charge on any atom is 0.246 e. The number of hydrogen-bond donors (Lipinski definition) is 0. The molecular weight excluding hydrogens is 223 g/mol. The molecule has 0 amide bonds. The molecule has 2 heterocycles. The fraction of sp³-hybridized carbons (Fsp3) is 0.167. The van der Waals surface area contributed by atoms with Crippen molar-refractivity contribution in [1.29, 1.82) is 0 Å². The molecule has 0 bridgehead atoms. The van der Waals surface area contributed by atoms with Crippen LogP contribution in [0.15, 0.2) is 36.3 Å². The van der Waals surface area contributed by atoms with Gasteiger partial charge in [0, 0.05) is 30.5 Å².